The Morgan fingerprint density at radius 3 is 2.54 bits per heavy atom. The van der Waals surface area contributed by atoms with Crippen molar-refractivity contribution in [3.63, 3.8) is 0 Å². The van der Waals surface area contributed by atoms with Gasteiger partial charge >= 0.3 is 0 Å². The van der Waals surface area contributed by atoms with Crippen LogP contribution in [0.25, 0.3) is 11.3 Å². The topological polar surface area (TPSA) is 92.9 Å². The second kappa shape index (κ2) is 6.52. The van der Waals surface area contributed by atoms with Crippen LogP contribution in [0.4, 0.5) is 11.6 Å². The van der Waals surface area contributed by atoms with Gasteiger partial charge in [-0.1, -0.05) is 0 Å². The maximum Gasteiger partial charge on any atom is 0.245 e. The van der Waals surface area contributed by atoms with Crippen LogP contribution in [0, 0.1) is 13.8 Å². The molecule has 0 atom stereocenters. The van der Waals surface area contributed by atoms with E-state index in [2.05, 4.69) is 42.4 Å². The summed E-state index contributed by atoms with van der Waals surface area (Å²) in [5.74, 6) is 3.68. The van der Waals surface area contributed by atoms with Gasteiger partial charge in [-0.25, -0.2) is 19.6 Å². The fraction of sp³-hybridized carbons (Fsp3) is 0.500. The van der Waals surface area contributed by atoms with Crippen LogP contribution >= 0.6 is 23.1 Å². The average molecular weight is 363 g/mol. The molecule has 24 heavy (non-hydrogen) atoms. The van der Waals surface area contributed by atoms with Crippen molar-refractivity contribution in [3.8, 4) is 0 Å². The largest absolute Gasteiger partial charge is 0.360 e. The summed E-state index contributed by atoms with van der Waals surface area (Å²) in [6, 6.07) is 0. The molecule has 1 N–H and O–H groups in total. The second-order valence-corrected chi connectivity index (χ2v) is 8.02. The predicted octanol–water partition coefficient (Wildman–Crippen LogP) is 2.25. The number of thiazole rings is 1. The molecule has 0 unspecified atom stereocenters. The number of nitrogens with zero attached hydrogens (tertiary/aromatic N) is 6. The summed E-state index contributed by atoms with van der Waals surface area (Å²) in [7, 11) is 0. The number of aromatic nitrogens is 5. The number of hydrogen-bond acceptors (Lipinski definition) is 10. The molecule has 0 aromatic carbocycles. The van der Waals surface area contributed by atoms with Crippen LogP contribution in [0.1, 0.15) is 15.6 Å². The molecule has 4 rings (SSSR count). The SMILES string of the molecule is Cc1nc(CNc2nc3nonc3nc2N2CCSCC2)sc1C. The van der Waals surface area contributed by atoms with Crippen LogP contribution in [-0.2, 0) is 6.54 Å². The predicted molar refractivity (Wildman–Crippen MR) is 95.8 cm³/mol. The summed E-state index contributed by atoms with van der Waals surface area (Å²) in [6.45, 7) is 6.61. The zero-order valence-corrected chi connectivity index (χ0v) is 15.1. The van der Waals surface area contributed by atoms with E-state index in [0.717, 1.165) is 41.1 Å². The quantitative estimate of drug-likeness (QED) is 0.749. The first kappa shape index (κ1) is 15.6. The van der Waals surface area contributed by atoms with Crippen LogP contribution < -0.4 is 10.2 Å². The van der Waals surface area contributed by atoms with E-state index >= 15 is 0 Å². The molecule has 0 radical (unpaired) electrons. The van der Waals surface area contributed by atoms with E-state index in [9.17, 15) is 0 Å². The summed E-state index contributed by atoms with van der Waals surface area (Å²) < 4.78 is 4.76. The van der Waals surface area contributed by atoms with Crippen molar-refractivity contribution in [1.82, 2.24) is 25.3 Å². The number of aryl methyl sites for hydroxylation is 2. The minimum atomic E-state index is 0.416. The van der Waals surface area contributed by atoms with E-state index in [1.54, 1.807) is 11.3 Å². The van der Waals surface area contributed by atoms with Gasteiger partial charge in [-0.05, 0) is 24.2 Å². The third-order valence-corrected chi connectivity index (χ3v) is 5.90. The molecule has 1 saturated heterocycles. The van der Waals surface area contributed by atoms with Crippen LogP contribution in [0.2, 0.25) is 0 Å². The summed E-state index contributed by atoms with van der Waals surface area (Å²) in [4.78, 5) is 17.2. The van der Waals surface area contributed by atoms with Gasteiger partial charge in [-0.3, -0.25) is 0 Å². The molecule has 1 fully saturated rings. The van der Waals surface area contributed by atoms with Crippen molar-refractivity contribution in [3.05, 3.63) is 15.6 Å². The molecular weight excluding hydrogens is 346 g/mol. The zero-order chi connectivity index (χ0) is 16.5. The third-order valence-electron chi connectivity index (χ3n) is 3.89. The highest BCUT2D eigenvalue weighted by atomic mass is 32.2. The molecule has 4 heterocycles. The van der Waals surface area contributed by atoms with E-state index in [4.69, 9.17) is 4.63 Å². The fourth-order valence-corrected chi connectivity index (χ4v) is 4.29. The van der Waals surface area contributed by atoms with E-state index < -0.39 is 0 Å². The van der Waals surface area contributed by atoms with Crippen LogP contribution in [0.3, 0.4) is 0 Å². The lowest BCUT2D eigenvalue weighted by Gasteiger charge is -2.28. The first-order valence-corrected chi connectivity index (χ1v) is 9.67. The highest BCUT2D eigenvalue weighted by molar-refractivity contribution is 7.99. The Morgan fingerprint density at radius 1 is 1.08 bits per heavy atom. The van der Waals surface area contributed by atoms with Crippen LogP contribution in [-0.4, -0.2) is 49.9 Å². The maximum atomic E-state index is 4.76. The summed E-state index contributed by atoms with van der Waals surface area (Å²) >= 11 is 3.65. The molecule has 126 valence electrons. The van der Waals surface area contributed by atoms with Gasteiger partial charge in [0.2, 0.25) is 11.3 Å². The highest BCUT2D eigenvalue weighted by Gasteiger charge is 2.20. The lowest BCUT2D eigenvalue weighted by atomic mass is 10.4. The van der Waals surface area contributed by atoms with Crippen molar-refractivity contribution in [2.24, 2.45) is 0 Å². The number of thioether (sulfide) groups is 1. The molecule has 0 spiro atoms. The van der Waals surface area contributed by atoms with Gasteiger partial charge in [0.05, 0.1) is 12.2 Å². The number of nitrogens with one attached hydrogen (secondary N) is 1. The Hall–Kier alpha value is -1.94. The summed E-state index contributed by atoms with van der Waals surface area (Å²) in [5.41, 5.74) is 1.93. The molecule has 0 saturated carbocycles. The lowest BCUT2D eigenvalue weighted by Crippen LogP contribution is -2.34. The van der Waals surface area contributed by atoms with Gasteiger partial charge in [0, 0.05) is 29.5 Å². The van der Waals surface area contributed by atoms with Gasteiger partial charge in [0.1, 0.15) is 5.01 Å². The van der Waals surface area contributed by atoms with E-state index in [1.165, 1.54) is 4.88 Å². The van der Waals surface area contributed by atoms with Gasteiger partial charge in [0.25, 0.3) is 0 Å². The van der Waals surface area contributed by atoms with Gasteiger partial charge in [0.15, 0.2) is 11.6 Å². The first-order chi connectivity index (χ1) is 11.7. The van der Waals surface area contributed by atoms with Gasteiger partial charge in [-0.15, -0.1) is 11.3 Å². The maximum absolute atomic E-state index is 4.76. The summed E-state index contributed by atoms with van der Waals surface area (Å²) in [6.07, 6.45) is 0. The lowest BCUT2D eigenvalue weighted by molar-refractivity contribution is 0.314. The molecule has 1 aliphatic rings. The minimum Gasteiger partial charge on any atom is -0.360 e. The van der Waals surface area contributed by atoms with E-state index in [-0.39, 0.29) is 0 Å². The molecule has 8 nitrogen and oxygen atoms in total. The second-order valence-electron chi connectivity index (χ2n) is 5.51. The molecule has 0 aliphatic carbocycles. The molecule has 10 heteroatoms. The fourth-order valence-electron chi connectivity index (χ4n) is 2.52. The van der Waals surface area contributed by atoms with E-state index in [1.807, 2.05) is 18.7 Å². The Labute approximate surface area is 147 Å². The van der Waals surface area contributed by atoms with Crippen molar-refractivity contribution in [2.45, 2.75) is 20.4 Å². The monoisotopic (exact) mass is 363 g/mol. The first-order valence-electron chi connectivity index (χ1n) is 7.70. The molecular formula is C14H17N7OS2. The third kappa shape index (κ3) is 3.03. The number of hydrogen-bond donors (Lipinski definition) is 1. The van der Waals surface area contributed by atoms with Crippen molar-refractivity contribution in [2.75, 3.05) is 34.8 Å². The Kier molecular flexibility index (Phi) is 4.23. The van der Waals surface area contributed by atoms with Crippen molar-refractivity contribution >= 4 is 46.0 Å². The van der Waals surface area contributed by atoms with Crippen LogP contribution in [0.5, 0.6) is 0 Å². The average Bonchev–Trinajstić information content (AvgIpc) is 3.19. The van der Waals surface area contributed by atoms with Crippen molar-refractivity contribution < 1.29 is 4.63 Å². The molecule has 0 amide bonds. The summed E-state index contributed by atoms with van der Waals surface area (Å²) in [5, 5.41) is 12.0. The smallest absolute Gasteiger partial charge is 0.245 e. The Balaban J connectivity index is 1.63. The van der Waals surface area contributed by atoms with Crippen LogP contribution in [0.15, 0.2) is 4.63 Å². The Bertz CT molecular complexity index is 837. The van der Waals surface area contributed by atoms with Gasteiger partial charge < -0.3 is 10.2 Å². The molecule has 3 aromatic rings. The minimum absolute atomic E-state index is 0.416. The molecule has 1 aliphatic heterocycles. The molecule has 3 aromatic heterocycles. The van der Waals surface area contributed by atoms with Crippen molar-refractivity contribution in [1.29, 1.82) is 0 Å². The standard InChI is InChI=1S/C14H17N7OS2/c1-8-9(2)24-10(16-8)7-15-13-14(21-3-5-23-6-4-21)18-12-11(17-13)19-22-20-12/h3-7H2,1-2H3,(H,15,17,19). The normalized spacial score (nSPS) is 15.2. The van der Waals surface area contributed by atoms with E-state index in [0.29, 0.717) is 23.7 Å². The highest BCUT2D eigenvalue weighted by Crippen LogP contribution is 2.27. The Morgan fingerprint density at radius 2 is 1.83 bits per heavy atom. The molecule has 0 bridgehead atoms. The zero-order valence-electron chi connectivity index (χ0n) is 13.4. The number of rotatable bonds is 4. The number of fused-ring (bicyclic) bond motifs is 1. The van der Waals surface area contributed by atoms with Gasteiger partial charge in [-0.2, -0.15) is 11.8 Å². The number of anilines is 2.